The first-order chi connectivity index (χ1) is 11.7. The Labute approximate surface area is 139 Å². The van der Waals surface area contributed by atoms with E-state index in [1.54, 1.807) is 24.6 Å². The highest BCUT2D eigenvalue weighted by molar-refractivity contribution is 5.96. The van der Waals surface area contributed by atoms with Gasteiger partial charge < -0.3 is 14.8 Å². The van der Waals surface area contributed by atoms with Crippen LogP contribution in [0.4, 0.5) is 0 Å². The van der Waals surface area contributed by atoms with Crippen LogP contribution in [0.5, 0.6) is 0 Å². The molecule has 1 amide bonds. The van der Waals surface area contributed by atoms with Crippen LogP contribution in [-0.4, -0.2) is 28.1 Å². The van der Waals surface area contributed by atoms with Crippen molar-refractivity contribution in [2.45, 2.75) is 31.4 Å². The van der Waals surface area contributed by atoms with Crippen LogP contribution in [0.2, 0.25) is 0 Å². The van der Waals surface area contributed by atoms with Crippen molar-refractivity contribution in [2.24, 2.45) is 0 Å². The highest BCUT2D eigenvalue weighted by atomic mass is 16.3. The molecule has 122 valence electrons. The molecule has 1 aliphatic carbocycles. The lowest BCUT2D eigenvalue weighted by molar-refractivity contribution is 0.0934. The zero-order chi connectivity index (χ0) is 16.5. The summed E-state index contributed by atoms with van der Waals surface area (Å²) in [6.45, 7) is 0. The minimum Gasteiger partial charge on any atom is -0.464 e. The summed E-state index contributed by atoms with van der Waals surface area (Å²) >= 11 is 0. The van der Waals surface area contributed by atoms with Crippen molar-refractivity contribution in [3.63, 3.8) is 0 Å². The quantitative estimate of drug-likeness (QED) is 0.777. The van der Waals surface area contributed by atoms with Gasteiger partial charge in [0.05, 0.1) is 18.1 Å². The van der Waals surface area contributed by atoms with Crippen molar-refractivity contribution in [1.82, 2.24) is 10.3 Å². The van der Waals surface area contributed by atoms with E-state index in [0.717, 1.165) is 35.1 Å². The number of hydrogen-bond donors (Lipinski definition) is 2. The molecule has 2 heterocycles. The average Bonchev–Trinajstić information content (AvgIpc) is 3.23. The molecule has 24 heavy (non-hydrogen) atoms. The number of hydrogen-bond acceptors (Lipinski definition) is 4. The van der Waals surface area contributed by atoms with Crippen LogP contribution in [0.15, 0.2) is 53.3 Å². The Hall–Kier alpha value is -2.66. The van der Waals surface area contributed by atoms with Gasteiger partial charge >= 0.3 is 0 Å². The third-order valence-corrected chi connectivity index (χ3v) is 4.54. The molecule has 1 fully saturated rings. The number of aliphatic hydroxyl groups excluding tert-OH is 1. The standard InChI is InChI=1S/C19H18N2O3/c22-15-6-5-14(11-15)21-19(23)13-3-1-12(2-4-13)18-16-8-10-24-17(16)7-9-20-18/h1-4,7-10,14-15,22H,5-6,11H2,(H,21,23)/t14-,15+/m1/s1. The van der Waals surface area contributed by atoms with Crippen molar-refractivity contribution in [2.75, 3.05) is 0 Å². The normalized spacial score (nSPS) is 20.4. The summed E-state index contributed by atoms with van der Waals surface area (Å²) in [6, 6.07) is 11.2. The molecular weight excluding hydrogens is 304 g/mol. The first kappa shape index (κ1) is 14.9. The minimum atomic E-state index is -0.292. The van der Waals surface area contributed by atoms with E-state index in [1.807, 2.05) is 24.3 Å². The number of furan rings is 1. The van der Waals surface area contributed by atoms with Gasteiger partial charge in [-0.3, -0.25) is 9.78 Å². The van der Waals surface area contributed by atoms with Crippen molar-refractivity contribution in [3.05, 3.63) is 54.4 Å². The maximum atomic E-state index is 12.3. The molecule has 2 atom stereocenters. The van der Waals surface area contributed by atoms with Crippen LogP contribution in [0.25, 0.3) is 22.2 Å². The van der Waals surface area contributed by atoms with E-state index < -0.39 is 0 Å². The molecule has 5 heteroatoms. The lowest BCUT2D eigenvalue weighted by Crippen LogP contribution is -2.33. The molecule has 2 N–H and O–H groups in total. The Morgan fingerprint density at radius 1 is 1.17 bits per heavy atom. The fourth-order valence-corrected chi connectivity index (χ4v) is 3.26. The van der Waals surface area contributed by atoms with Gasteiger partial charge in [0.1, 0.15) is 5.58 Å². The van der Waals surface area contributed by atoms with Crippen molar-refractivity contribution >= 4 is 16.9 Å². The van der Waals surface area contributed by atoms with E-state index in [0.29, 0.717) is 12.0 Å². The maximum Gasteiger partial charge on any atom is 0.251 e. The number of rotatable bonds is 3. The van der Waals surface area contributed by atoms with E-state index in [1.165, 1.54) is 0 Å². The number of nitrogens with zero attached hydrogens (tertiary/aromatic N) is 1. The summed E-state index contributed by atoms with van der Waals surface area (Å²) in [5.41, 5.74) is 3.18. The molecule has 3 aromatic rings. The predicted molar refractivity (Wildman–Crippen MR) is 90.6 cm³/mol. The molecule has 1 aliphatic rings. The lowest BCUT2D eigenvalue weighted by atomic mass is 10.1. The largest absolute Gasteiger partial charge is 0.464 e. The molecule has 0 spiro atoms. The summed E-state index contributed by atoms with van der Waals surface area (Å²) < 4.78 is 5.40. The number of aromatic nitrogens is 1. The second kappa shape index (κ2) is 6.09. The van der Waals surface area contributed by atoms with Crippen molar-refractivity contribution in [3.8, 4) is 11.3 Å². The van der Waals surface area contributed by atoms with Gasteiger partial charge in [0.2, 0.25) is 0 Å². The number of pyridine rings is 1. The van der Waals surface area contributed by atoms with Crippen molar-refractivity contribution < 1.29 is 14.3 Å². The molecule has 0 radical (unpaired) electrons. The van der Waals surface area contributed by atoms with E-state index in [-0.39, 0.29) is 18.1 Å². The number of nitrogens with one attached hydrogen (secondary N) is 1. The van der Waals surface area contributed by atoms with Crippen molar-refractivity contribution in [1.29, 1.82) is 0 Å². The van der Waals surface area contributed by atoms with Crippen LogP contribution >= 0.6 is 0 Å². The zero-order valence-corrected chi connectivity index (χ0v) is 13.1. The second-order valence-electron chi connectivity index (χ2n) is 6.21. The topological polar surface area (TPSA) is 75.4 Å². The molecule has 0 saturated heterocycles. The minimum absolute atomic E-state index is 0.0634. The smallest absolute Gasteiger partial charge is 0.251 e. The van der Waals surface area contributed by atoms with Gasteiger partial charge in [-0.2, -0.15) is 0 Å². The van der Waals surface area contributed by atoms with Crippen LogP contribution in [0, 0.1) is 0 Å². The molecule has 2 aromatic heterocycles. The number of benzene rings is 1. The third kappa shape index (κ3) is 2.78. The van der Waals surface area contributed by atoms with Gasteiger partial charge in [0.15, 0.2) is 0 Å². The molecule has 1 saturated carbocycles. The van der Waals surface area contributed by atoms with Crippen LogP contribution in [0.1, 0.15) is 29.6 Å². The van der Waals surface area contributed by atoms with Gasteiger partial charge in [-0.05, 0) is 43.5 Å². The lowest BCUT2D eigenvalue weighted by Gasteiger charge is -2.12. The molecular formula is C19H18N2O3. The van der Waals surface area contributed by atoms with Gasteiger partial charge in [-0.25, -0.2) is 0 Å². The Balaban J connectivity index is 1.54. The summed E-state index contributed by atoms with van der Waals surface area (Å²) in [6.07, 6.45) is 5.29. The summed E-state index contributed by atoms with van der Waals surface area (Å²) in [5, 5.41) is 13.5. The molecule has 4 rings (SSSR count). The van der Waals surface area contributed by atoms with E-state index in [9.17, 15) is 9.90 Å². The Kier molecular flexibility index (Phi) is 3.78. The third-order valence-electron chi connectivity index (χ3n) is 4.54. The van der Waals surface area contributed by atoms with E-state index in [2.05, 4.69) is 10.3 Å². The summed E-state index contributed by atoms with van der Waals surface area (Å²) in [5.74, 6) is -0.102. The van der Waals surface area contributed by atoms with Gasteiger partial charge in [0.25, 0.3) is 5.91 Å². The highest BCUT2D eigenvalue weighted by Crippen LogP contribution is 2.27. The summed E-state index contributed by atoms with van der Waals surface area (Å²) in [4.78, 5) is 16.7. The highest BCUT2D eigenvalue weighted by Gasteiger charge is 2.24. The second-order valence-corrected chi connectivity index (χ2v) is 6.21. The van der Waals surface area contributed by atoms with Gasteiger partial charge in [-0.15, -0.1) is 0 Å². The summed E-state index contributed by atoms with van der Waals surface area (Å²) in [7, 11) is 0. The zero-order valence-electron chi connectivity index (χ0n) is 13.1. The maximum absolute atomic E-state index is 12.3. The number of aliphatic hydroxyl groups is 1. The number of carbonyl (C=O) groups excluding carboxylic acids is 1. The molecule has 0 unspecified atom stereocenters. The first-order valence-electron chi connectivity index (χ1n) is 8.12. The first-order valence-corrected chi connectivity index (χ1v) is 8.12. The van der Waals surface area contributed by atoms with E-state index in [4.69, 9.17) is 4.42 Å². The van der Waals surface area contributed by atoms with Crippen LogP contribution in [-0.2, 0) is 0 Å². The van der Waals surface area contributed by atoms with Gasteiger partial charge in [0, 0.05) is 28.8 Å². The average molecular weight is 322 g/mol. The Morgan fingerprint density at radius 2 is 2.00 bits per heavy atom. The number of fused-ring (bicyclic) bond motifs is 1. The number of amides is 1. The molecule has 1 aromatic carbocycles. The fraction of sp³-hybridized carbons (Fsp3) is 0.263. The predicted octanol–water partition coefficient (Wildman–Crippen LogP) is 3.14. The molecule has 5 nitrogen and oxygen atoms in total. The van der Waals surface area contributed by atoms with E-state index >= 15 is 0 Å². The van der Waals surface area contributed by atoms with Crippen LogP contribution in [0.3, 0.4) is 0 Å². The molecule has 0 bridgehead atoms. The van der Waals surface area contributed by atoms with Crippen LogP contribution < -0.4 is 5.32 Å². The van der Waals surface area contributed by atoms with Gasteiger partial charge in [-0.1, -0.05) is 12.1 Å². The molecule has 0 aliphatic heterocycles. The Morgan fingerprint density at radius 3 is 2.75 bits per heavy atom. The SMILES string of the molecule is O=C(N[C@@H]1CC[C@H](O)C1)c1ccc(-c2nccc3occc23)cc1. The Bertz CT molecular complexity index is 870. The fourth-order valence-electron chi connectivity index (χ4n) is 3.26. The monoisotopic (exact) mass is 322 g/mol. The number of carbonyl (C=O) groups is 1.